The van der Waals surface area contributed by atoms with Crippen LogP contribution in [0.1, 0.15) is 30.7 Å². The zero-order valence-electron chi connectivity index (χ0n) is 11.0. The number of rotatable bonds is 8. The summed E-state index contributed by atoms with van der Waals surface area (Å²) in [6, 6.07) is 7.98. The number of aromatic amines is 2. The molecule has 0 saturated heterocycles. The Bertz CT molecular complexity index is 434. The highest BCUT2D eigenvalue weighted by molar-refractivity contribution is 5.77. The zero-order valence-corrected chi connectivity index (χ0v) is 11.0. The van der Waals surface area contributed by atoms with Crippen molar-refractivity contribution in [3.05, 3.63) is 48.0 Å². The molecule has 0 aromatic carbocycles. The van der Waals surface area contributed by atoms with Crippen LogP contribution in [0.15, 0.2) is 46.6 Å². The molecule has 2 heterocycles. The standard InChI is InChI=1S/C15H20N4/c1(2-8-16-12-14-6-4-10-18-14)3-9-17-13-15-7-5-11-19-15/h4-7,10-13,18-19H,1-3,8-9H2. The van der Waals surface area contributed by atoms with Gasteiger partial charge in [-0.05, 0) is 43.5 Å². The maximum atomic E-state index is 4.37. The van der Waals surface area contributed by atoms with E-state index in [1.54, 1.807) is 0 Å². The number of hydrogen-bond donors (Lipinski definition) is 2. The quantitative estimate of drug-likeness (QED) is 0.539. The van der Waals surface area contributed by atoms with E-state index in [9.17, 15) is 0 Å². The highest BCUT2D eigenvalue weighted by atomic mass is 14.8. The Morgan fingerprint density at radius 2 is 1.32 bits per heavy atom. The molecule has 19 heavy (non-hydrogen) atoms. The molecule has 0 saturated carbocycles. The van der Waals surface area contributed by atoms with Gasteiger partial charge in [0.25, 0.3) is 0 Å². The highest BCUT2D eigenvalue weighted by Crippen LogP contribution is 1.97. The van der Waals surface area contributed by atoms with Gasteiger partial charge in [-0.15, -0.1) is 0 Å². The molecule has 4 nitrogen and oxygen atoms in total. The first-order valence-electron chi connectivity index (χ1n) is 6.71. The van der Waals surface area contributed by atoms with E-state index < -0.39 is 0 Å². The van der Waals surface area contributed by atoms with Gasteiger partial charge in [-0.1, -0.05) is 0 Å². The third-order valence-electron chi connectivity index (χ3n) is 2.78. The van der Waals surface area contributed by atoms with Crippen molar-refractivity contribution in [1.29, 1.82) is 0 Å². The van der Waals surface area contributed by atoms with Gasteiger partial charge in [-0.3, -0.25) is 9.98 Å². The van der Waals surface area contributed by atoms with Gasteiger partial charge in [0.15, 0.2) is 0 Å². The molecule has 0 bridgehead atoms. The summed E-state index contributed by atoms with van der Waals surface area (Å²) in [5, 5.41) is 0. The number of nitrogens with zero attached hydrogens (tertiary/aromatic N) is 2. The Morgan fingerprint density at radius 1 is 0.789 bits per heavy atom. The molecule has 0 unspecified atom stereocenters. The second-order valence-corrected chi connectivity index (χ2v) is 4.38. The largest absolute Gasteiger partial charge is 0.360 e. The molecule has 4 heteroatoms. The summed E-state index contributed by atoms with van der Waals surface area (Å²) >= 11 is 0. The fourth-order valence-corrected chi connectivity index (χ4v) is 1.76. The summed E-state index contributed by atoms with van der Waals surface area (Å²) in [6.45, 7) is 1.78. The number of H-pyrrole nitrogens is 2. The minimum absolute atomic E-state index is 0.888. The molecular formula is C15H20N4. The first-order chi connectivity index (χ1) is 9.45. The Morgan fingerprint density at radius 3 is 1.74 bits per heavy atom. The fourth-order valence-electron chi connectivity index (χ4n) is 1.76. The van der Waals surface area contributed by atoms with E-state index in [0.717, 1.165) is 37.3 Å². The average molecular weight is 256 g/mol. The van der Waals surface area contributed by atoms with E-state index in [2.05, 4.69) is 20.0 Å². The molecule has 100 valence electrons. The third kappa shape index (κ3) is 5.38. The maximum absolute atomic E-state index is 4.37. The summed E-state index contributed by atoms with van der Waals surface area (Å²) in [5.41, 5.74) is 2.13. The van der Waals surface area contributed by atoms with Crippen molar-refractivity contribution in [3.8, 4) is 0 Å². The summed E-state index contributed by atoms with van der Waals surface area (Å²) < 4.78 is 0. The van der Waals surface area contributed by atoms with Crippen molar-refractivity contribution in [2.75, 3.05) is 13.1 Å². The first-order valence-corrected chi connectivity index (χ1v) is 6.71. The zero-order chi connectivity index (χ0) is 13.2. The average Bonchev–Trinajstić information content (AvgIpc) is 3.10. The predicted molar refractivity (Wildman–Crippen MR) is 80.4 cm³/mol. The first kappa shape index (κ1) is 13.3. The summed E-state index contributed by atoms with van der Waals surface area (Å²) in [6.07, 6.45) is 11.0. The van der Waals surface area contributed by atoms with Crippen LogP contribution in [0.25, 0.3) is 0 Å². The highest BCUT2D eigenvalue weighted by Gasteiger charge is 1.89. The van der Waals surface area contributed by atoms with Crippen molar-refractivity contribution < 1.29 is 0 Å². The lowest BCUT2D eigenvalue weighted by molar-refractivity contribution is 0.698. The van der Waals surface area contributed by atoms with Crippen LogP contribution in [-0.2, 0) is 0 Å². The van der Waals surface area contributed by atoms with Crippen molar-refractivity contribution >= 4 is 12.4 Å². The van der Waals surface area contributed by atoms with E-state index in [1.165, 1.54) is 6.42 Å². The molecule has 0 fully saturated rings. The van der Waals surface area contributed by atoms with Gasteiger partial charge in [0.1, 0.15) is 0 Å². The summed E-state index contributed by atoms with van der Waals surface area (Å²) in [5.74, 6) is 0. The van der Waals surface area contributed by atoms with Gasteiger partial charge in [0, 0.05) is 37.9 Å². The molecule has 0 spiro atoms. The Balaban J connectivity index is 1.48. The van der Waals surface area contributed by atoms with Crippen molar-refractivity contribution in [2.24, 2.45) is 9.98 Å². The molecule has 2 aromatic heterocycles. The molecule has 0 aliphatic heterocycles. The number of aliphatic imine (C=N–C) groups is 2. The topological polar surface area (TPSA) is 56.3 Å². The van der Waals surface area contributed by atoms with E-state index >= 15 is 0 Å². The van der Waals surface area contributed by atoms with E-state index in [-0.39, 0.29) is 0 Å². The molecular weight excluding hydrogens is 236 g/mol. The van der Waals surface area contributed by atoms with Gasteiger partial charge in [-0.25, -0.2) is 0 Å². The summed E-state index contributed by atoms with van der Waals surface area (Å²) in [7, 11) is 0. The van der Waals surface area contributed by atoms with Gasteiger partial charge >= 0.3 is 0 Å². The van der Waals surface area contributed by atoms with Gasteiger partial charge in [0.05, 0.1) is 11.4 Å². The number of nitrogens with one attached hydrogen (secondary N) is 2. The van der Waals surface area contributed by atoms with Crippen LogP contribution < -0.4 is 0 Å². The normalized spacial score (nSPS) is 11.8. The molecule has 2 aromatic rings. The minimum Gasteiger partial charge on any atom is -0.360 e. The van der Waals surface area contributed by atoms with Crippen molar-refractivity contribution in [1.82, 2.24) is 9.97 Å². The van der Waals surface area contributed by atoms with Crippen molar-refractivity contribution in [3.63, 3.8) is 0 Å². The Hall–Kier alpha value is -2.10. The third-order valence-corrected chi connectivity index (χ3v) is 2.78. The van der Waals surface area contributed by atoms with Gasteiger partial charge < -0.3 is 9.97 Å². The van der Waals surface area contributed by atoms with Crippen LogP contribution in [0.5, 0.6) is 0 Å². The molecule has 2 N–H and O–H groups in total. The van der Waals surface area contributed by atoms with Crippen LogP contribution in [0.4, 0.5) is 0 Å². The van der Waals surface area contributed by atoms with Crippen LogP contribution in [0, 0.1) is 0 Å². The summed E-state index contributed by atoms with van der Waals surface area (Å²) in [4.78, 5) is 14.9. The van der Waals surface area contributed by atoms with Crippen LogP contribution in [0.3, 0.4) is 0 Å². The second kappa shape index (κ2) is 8.08. The molecule has 0 amide bonds. The van der Waals surface area contributed by atoms with E-state index in [0.29, 0.717) is 0 Å². The molecule has 0 radical (unpaired) electrons. The number of aromatic nitrogens is 2. The van der Waals surface area contributed by atoms with Crippen LogP contribution >= 0.6 is 0 Å². The maximum Gasteiger partial charge on any atom is 0.0561 e. The smallest absolute Gasteiger partial charge is 0.0561 e. The Kier molecular flexibility index (Phi) is 5.67. The van der Waals surface area contributed by atoms with Gasteiger partial charge in [-0.2, -0.15) is 0 Å². The fraction of sp³-hybridized carbons (Fsp3) is 0.333. The van der Waals surface area contributed by atoms with Crippen LogP contribution in [0.2, 0.25) is 0 Å². The molecule has 2 rings (SSSR count). The van der Waals surface area contributed by atoms with Crippen LogP contribution in [-0.4, -0.2) is 35.5 Å². The van der Waals surface area contributed by atoms with E-state index in [4.69, 9.17) is 0 Å². The monoisotopic (exact) mass is 256 g/mol. The van der Waals surface area contributed by atoms with E-state index in [1.807, 2.05) is 49.1 Å². The number of hydrogen-bond acceptors (Lipinski definition) is 2. The SMILES string of the molecule is C(=NCCCCCN=Cc1ccc[nH]1)c1ccc[nH]1. The molecule has 0 aliphatic rings. The number of unbranched alkanes of at least 4 members (excludes halogenated alkanes) is 2. The Labute approximate surface area is 113 Å². The molecule has 0 aliphatic carbocycles. The lowest BCUT2D eigenvalue weighted by atomic mass is 10.2. The lowest BCUT2D eigenvalue weighted by Gasteiger charge is -1.95. The second-order valence-electron chi connectivity index (χ2n) is 4.38. The minimum atomic E-state index is 0.888. The van der Waals surface area contributed by atoms with Gasteiger partial charge in [0.2, 0.25) is 0 Å². The van der Waals surface area contributed by atoms with Crippen molar-refractivity contribution in [2.45, 2.75) is 19.3 Å². The lowest BCUT2D eigenvalue weighted by Crippen LogP contribution is -1.88. The molecule has 0 atom stereocenters. The predicted octanol–water partition coefficient (Wildman–Crippen LogP) is 3.05.